The maximum Gasteiger partial charge on any atom is 0.574 e. The van der Waals surface area contributed by atoms with E-state index < -0.39 is 30.2 Å². The van der Waals surface area contributed by atoms with E-state index in [4.69, 9.17) is 16.7 Å². The van der Waals surface area contributed by atoms with Crippen molar-refractivity contribution in [2.24, 2.45) is 0 Å². The Balaban J connectivity index is 3.16. The summed E-state index contributed by atoms with van der Waals surface area (Å²) in [5, 5.41) is 8.75. The number of pyridine rings is 1. The van der Waals surface area contributed by atoms with Crippen molar-refractivity contribution in [3.8, 4) is 5.88 Å². The van der Waals surface area contributed by atoms with Gasteiger partial charge in [-0.25, -0.2) is 9.37 Å². The largest absolute Gasteiger partial charge is 0.574 e. The topological polar surface area (TPSA) is 42.4 Å². The van der Waals surface area contributed by atoms with Crippen LogP contribution in [0.15, 0.2) is 6.20 Å². The third kappa shape index (κ3) is 2.96. The van der Waals surface area contributed by atoms with Crippen molar-refractivity contribution < 1.29 is 27.4 Å². The molecule has 1 rings (SSSR count). The number of nitrogens with zero attached hydrogens (tertiary/aromatic N) is 1. The zero-order chi connectivity index (χ0) is 12.3. The lowest BCUT2D eigenvalue weighted by atomic mass is 10.2. The molecule has 0 bridgehead atoms. The van der Waals surface area contributed by atoms with Crippen LogP contribution in [0.1, 0.15) is 11.1 Å². The Hall–Kier alpha value is -1.08. The van der Waals surface area contributed by atoms with Gasteiger partial charge in [0.15, 0.2) is 0 Å². The Morgan fingerprint density at radius 1 is 1.44 bits per heavy atom. The van der Waals surface area contributed by atoms with Crippen molar-refractivity contribution in [3.05, 3.63) is 23.1 Å². The molecule has 0 spiro atoms. The summed E-state index contributed by atoms with van der Waals surface area (Å²) in [6, 6.07) is 0. The molecule has 0 aliphatic heterocycles. The highest BCUT2D eigenvalue weighted by atomic mass is 35.5. The number of aliphatic hydroxyl groups excluding tert-OH is 1. The van der Waals surface area contributed by atoms with Crippen molar-refractivity contribution in [1.29, 1.82) is 0 Å². The van der Waals surface area contributed by atoms with Crippen LogP contribution in [-0.4, -0.2) is 16.5 Å². The van der Waals surface area contributed by atoms with E-state index in [-0.39, 0.29) is 11.4 Å². The Bertz CT molecular complexity index is 383. The molecule has 1 N–H and O–H groups in total. The quantitative estimate of drug-likeness (QED) is 0.669. The maximum absolute atomic E-state index is 13.4. The Morgan fingerprint density at radius 3 is 2.50 bits per heavy atom. The molecule has 0 aromatic carbocycles. The molecule has 0 amide bonds. The number of hydrogen-bond acceptors (Lipinski definition) is 3. The van der Waals surface area contributed by atoms with Crippen LogP contribution < -0.4 is 4.74 Å². The van der Waals surface area contributed by atoms with Gasteiger partial charge in [0.1, 0.15) is 5.82 Å². The smallest absolute Gasteiger partial charge is 0.391 e. The van der Waals surface area contributed by atoms with E-state index in [1.54, 1.807) is 0 Å². The van der Waals surface area contributed by atoms with E-state index in [2.05, 4.69) is 9.72 Å². The number of alkyl halides is 4. The SMILES string of the molecule is OCc1c(OC(F)(F)F)ncc(CCl)c1F. The van der Waals surface area contributed by atoms with Gasteiger partial charge in [0.05, 0.1) is 18.1 Å². The van der Waals surface area contributed by atoms with Gasteiger partial charge >= 0.3 is 6.36 Å². The first-order valence-corrected chi connectivity index (χ1v) is 4.51. The fourth-order valence-electron chi connectivity index (χ4n) is 0.987. The fraction of sp³-hybridized carbons (Fsp3) is 0.375. The molecule has 0 unspecified atom stereocenters. The highest BCUT2D eigenvalue weighted by Gasteiger charge is 2.33. The summed E-state index contributed by atoms with van der Waals surface area (Å²) in [4.78, 5) is 3.24. The first-order valence-electron chi connectivity index (χ1n) is 3.98. The molecule has 0 radical (unpaired) electrons. The van der Waals surface area contributed by atoms with Gasteiger partial charge in [-0.3, -0.25) is 0 Å². The van der Waals surface area contributed by atoms with Crippen molar-refractivity contribution >= 4 is 11.6 Å². The van der Waals surface area contributed by atoms with Gasteiger partial charge in [-0.2, -0.15) is 0 Å². The molecule has 0 saturated carbocycles. The third-order valence-electron chi connectivity index (χ3n) is 1.66. The molecule has 0 aliphatic carbocycles. The minimum atomic E-state index is -4.99. The zero-order valence-corrected chi connectivity index (χ0v) is 8.44. The highest BCUT2D eigenvalue weighted by Crippen LogP contribution is 2.27. The van der Waals surface area contributed by atoms with Crippen molar-refractivity contribution in [2.75, 3.05) is 0 Å². The van der Waals surface area contributed by atoms with E-state index in [1.807, 2.05) is 0 Å². The van der Waals surface area contributed by atoms with E-state index in [0.29, 0.717) is 0 Å². The molecule has 1 aromatic rings. The number of aliphatic hydroxyl groups is 1. The van der Waals surface area contributed by atoms with Gasteiger partial charge in [0.25, 0.3) is 0 Å². The van der Waals surface area contributed by atoms with Crippen LogP contribution in [0.2, 0.25) is 0 Å². The average molecular weight is 260 g/mol. The predicted molar refractivity (Wildman–Crippen MR) is 46.4 cm³/mol. The Morgan fingerprint density at radius 2 is 2.06 bits per heavy atom. The van der Waals surface area contributed by atoms with Gasteiger partial charge in [-0.05, 0) is 0 Å². The van der Waals surface area contributed by atoms with Gasteiger partial charge in [0.2, 0.25) is 5.88 Å². The third-order valence-corrected chi connectivity index (χ3v) is 1.95. The second-order valence-corrected chi connectivity index (χ2v) is 2.99. The average Bonchev–Trinajstić information content (AvgIpc) is 2.16. The standard InChI is InChI=1S/C8H6ClF4NO2/c9-1-4-2-14-7(16-8(11,12)13)5(3-15)6(4)10/h2,15H,1,3H2. The van der Waals surface area contributed by atoms with Crippen LogP contribution >= 0.6 is 11.6 Å². The number of hydrogen-bond donors (Lipinski definition) is 1. The van der Waals surface area contributed by atoms with Gasteiger partial charge < -0.3 is 9.84 Å². The number of halogens is 5. The van der Waals surface area contributed by atoms with Crippen LogP contribution in [0.25, 0.3) is 0 Å². The normalized spacial score (nSPS) is 11.6. The van der Waals surface area contributed by atoms with Crippen molar-refractivity contribution in [1.82, 2.24) is 4.98 Å². The summed E-state index contributed by atoms with van der Waals surface area (Å²) in [6.45, 7) is -0.963. The zero-order valence-electron chi connectivity index (χ0n) is 7.68. The molecule has 0 saturated heterocycles. The molecule has 1 aromatic heterocycles. The van der Waals surface area contributed by atoms with E-state index in [9.17, 15) is 17.6 Å². The summed E-state index contributed by atoms with van der Waals surface area (Å²) in [7, 11) is 0. The summed E-state index contributed by atoms with van der Waals surface area (Å²) < 4.78 is 52.5. The lowest BCUT2D eigenvalue weighted by Gasteiger charge is -2.12. The van der Waals surface area contributed by atoms with Gasteiger partial charge in [-0.1, -0.05) is 0 Å². The molecule has 90 valence electrons. The van der Waals surface area contributed by atoms with E-state index >= 15 is 0 Å². The Kier molecular flexibility index (Phi) is 3.93. The number of rotatable bonds is 3. The molecule has 8 heteroatoms. The molecule has 16 heavy (non-hydrogen) atoms. The van der Waals surface area contributed by atoms with Crippen LogP contribution in [0, 0.1) is 5.82 Å². The first-order chi connectivity index (χ1) is 7.39. The highest BCUT2D eigenvalue weighted by molar-refractivity contribution is 6.17. The molecule has 0 fully saturated rings. The van der Waals surface area contributed by atoms with E-state index in [1.165, 1.54) is 0 Å². The van der Waals surface area contributed by atoms with Crippen molar-refractivity contribution in [3.63, 3.8) is 0 Å². The molecule has 0 atom stereocenters. The van der Waals surface area contributed by atoms with Gasteiger partial charge in [0, 0.05) is 11.8 Å². The second-order valence-electron chi connectivity index (χ2n) is 2.72. The van der Waals surface area contributed by atoms with Crippen LogP contribution in [0.3, 0.4) is 0 Å². The molecule has 1 heterocycles. The number of aromatic nitrogens is 1. The lowest BCUT2D eigenvalue weighted by Crippen LogP contribution is -2.19. The molecular formula is C8H6ClF4NO2. The lowest BCUT2D eigenvalue weighted by molar-refractivity contribution is -0.276. The molecule has 0 aliphatic rings. The van der Waals surface area contributed by atoms with Crippen LogP contribution in [-0.2, 0) is 12.5 Å². The molecule has 3 nitrogen and oxygen atoms in total. The first kappa shape index (κ1) is 13.0. The monoisotopic (exact) mass is 259 g/mol. The minimum Gasteiger partial charge on any atom is -0.391 e. The number of ether oxygens (including phenoxy) is 1. The predicted octanol–water partition coefficient (Wildman–Crippen LogP) is 2.35. The van der Waals surface area contributed by atoms with Crippen LogP contribution in [0.5, 0.6) is 5.88 Å². The minimum absolute atomic E-state index is 0.111. The summed E-state index contributed by atoms with van der Waals surface area (Å²) >= 11 is 5.32. The summed E-state index contributed by atoms with van der Waals surface area (Å²) in [5.41, 5.74) is -0.782. The van der Waals surface area contributed by atoms with E-state index in [0.717, 1.165) is 6.20 Å². The second kappa shape index (κ2) is 4.84. The van der Waals surface area contributed by atoms with Gasteiger partial charge in [-0.15, -0.1) is 24.8 Å². The molecular weight excluding hydrogens is 254 g/mol. The van der Waals surface area contributed by atoms with Crippen LogP contribution in [0.4, 0.5) is 17.6 Å². The maximum atomic E-state index is 13.4. The summed E-state index contributed by atoms with van der Waals surface area (Å²) in [6.07, 6.45) is -4.17. The summed E-state index contributed by atoms with van der Waals surface area (Å²) in [5.74, 6) is -2.33. The fourth-order valence-corrected chi connectivity index (χ4v) is 1.17. The van der Waals surface area contributed by atoms with Crippen molar-refractivity contribution in [2.45, 2.75) is 18.8 Å². The Labute approximate surface area is 92.6 Å².